The van der Waals surface area contributed by atoms with E-state index >= 15 is 0 Å². The fourth-order valence-corrected chi connectivity index (χ4v) is 3.95. The highest BCUT2D eigenvalue weighted by Crippen LogP contribution is 2.39. The summed E-state index contributed by atoms with van der Waals surface area (Å²) in [5, 5.41) is 9.71. The van der Waals surface area contributed by atoms with Gasteiger partial charge < -0.3 is 25.2 Å². The Morgan fingerprint density at radius 2 is 1.93 bits per heavy atom. The van der Waals surface area contributed by atoms with Crippen LogP contribution in [0.5, 0.6) is 5.75 Å². The van der Waals surface area contributed by atoms with Crippen LogP contribution in [-0.2, 0) is 4.79 Å². The highest BCUT2D eigenvalue weighted by Gasteiger charge is 2.21. The summed E-state index contributed by atoms with van der Waals surface area (Å²) in [5.74, 6) is -2.42. The number of pyridine rings is 1. The Bertz CT molecular complexity index is 1540. The Balaban J connectivity index is 1.77. The van der Waals surface area contributed by atoms with E-state index in [1.165, 1.54) is 12.1 Å². The maximum absolute atomic E-state index is 13.6. The average molecular weight is 555 g/mol. The van der Waals surface area contributed by atoms with E-state index in [2.05, 4.69) is 32.3 Å². The normalized spacial score (nSPS) is 11.2. The van der Waals surface area contributed by atoms with Gasteiger partial charge in [-0.15, -0.1) is 0 Å². The molecular formula is C27H29F3N8O2. The van der Waals surface area contributed by atoms with Crippen LogP contribution in [0.25, 0.3) is 16.8 Å². The number of likely N-dealkylation sites (N-methyl/N-ethyl adjacent to an activating group) is 2. The molecule has 13 heteroatoms. The first-order chi connectivity index (χ1) is 19.0. The molecule has 4 aromatic rings. The second-order valence-corrected chi connectivity index (χ2v) is 9.27. The van der Waals surface area contributed by atoms with Gasteiger partial charge in [-0.3, -0.25) is 4.79 Å². The molecule has 0 radical (unpaired) electrons. The van der Waals surface area contributed by atoms with Crippen LogP contribution in [0.3, 0.4) is 0 Å². The number of carbonyl (C=O) groups excluding carboxylic acids is 1. The summed E-state index contributed by atoms with van der Waals surface area (Å²) in [4.78, 5) is 24.8. The molecule has 0 spiro atoms. The number of benzene rings is 1. The van der Waals surface area contributed by atoms with Gasteiger partial charge in [-0.1, -0.05) is 12.6 Å². The quantitative estimate of drug-likeness (QED) is 0.254. The van der Waals surface area contributed by atoms with E-state index in [1.807, 2.05) is 50.3 Å². The van der Waals surface area contributed by atoms with Crippen LogP contribution in [0.1, 0.15) is 5.56 Å². The van der Waals surface area contributed by atoms with E-state index in [-0.39, 0.29) is 23.1 Å². The van der Waals surface area contributed by atoms with E-state index in [1.54, 1.807) is 28.9 Å². The molecule has 1 aromatic carbocycles. The highest BCUT2D eigenvalue weighted by molar-refractivity contribution is 6.04. The van der Waals surface area contributed by atoms with Crippen molar-refractivity contribution in [3.8, 4) is 17.0 Å². The van der Waals surface area contributed by atoms with E-state index in [4.69, 9.17) is 4.74 Å². The van der Waals surface area contributed by atoms with Gasteiger partial charge in [0, 0.05) is 44.2 Å². The second-order valence-electron chi connectivity index (χ2n) is 9.27. The van der Waals surface area contributed by atoms with Crippen LogP contribution in [0.4, 0.5) is 36.2 Å². The Hall–Kier alpha value is -4.65. The van der Waals surface area contributed by atoms with Crippen molar-refractivity contribution in [2.45, 2.75) is 13.5 Å². The van der Waals surface area contributed by atoms with E-state index < -0.39 is 18.3 Å². The maximum atomic E-state index is 13.6. The zero-order valence-electron chi connectivity index (χ0n) is 22.5. The zero-order chi connectivity index (χ0) is 29.0. The van der Waals surface area contributed by atoms with Gasteiger partial charge in [-0.25, -0.2) is 18.9 Å². The number of amides is 1. The van der Waals surface area contributed by atoms with Crippen molar-refractivity contribution < 1.29 is 22.7 Å². The van der Waals surface area contributed by atoms with E-state index in [0.29, 0.717) is 24.5 Å². The second kappa shape index (κ2) is 12.0. The molecule has 210 valence electrons. The molecule has 0 aliphatic carbocycles. The monoisotopic (exact) mass is 554 g/mol. The third-order valence-electron chi connectivity index (χ3n) is 6.00. The molecule has 0 saturated carbocycles. The van der Waals surface area contributed by atoms with Gasteiger partial charge >= 0.3 is 6.61 Å². The summed E-state index contributed by atoms with van der Waals surface area (Å²) in [6.07, 6.45) is 5.07. The largest absolute Gasteiger partial charge is 0.433 e. The van der Waals surface area contributed by atoms with Gasteiger partial charge in [0.05, 0.1) is 34.5 Å². The fraction of sp³-hybridized carbons (Fsp3) is 0.259. The molecule has 10 nitrogen and oxygen atoms in total. The number of aromatic nitrogens is 4. The van der Waals surface area contributed by atoms with Crippen molar-refractivity contribution in [2.24, 2.45) is 0 Å². The molecular weight excluding hydrogens is 525 g/mol. The first-order valence-corrected chi connectivity index (χ1v) is 12.2. The molecule has 0 atom stereocenters. The van der Waals surface area contributed by atoms with Gasteiger partial charge in [0.15, 0.2) is 11.6 Å². The van der Waals surface area contributed by atoms with E-state index in [0.717, 1.165) is 16.6 Å². The number of alkyl halides is 2. The molecule has 3 heterocycles. The number of nitrogens with one attached hydrogen (secondary N) is 2. The van der Waals surface area contributed by atoms with E-state index in [9.17, 15) is 18.0 Å². The van der Waals surface area contributed by atoms with Gasteiger partial charge in [-0.05, 0) is 44.8 Å². The van der Waals surface area contributed by atoms with Gasteiger partial charge in [0.2, 0.25) is 5.95 Å². The summed E-state index contributed by atoms with van der Waals surface area (Å²) >= 11 is 0. The molecule has 0 aliphatic rings. The lowest BCUT2D eigenvalue weighted by Crippen LogP contribution is -2.29. The standard InChI is InChI=1S/C27H29F3N8O2/c1-16-14-31-27(35-24(16)18-15-32-38-9-7-6-8-21(18)38)34-20-12-19(33-25(39)17(2)28)22(13-23(20)40-26(29)30)37(5)11-10-36(3)4/h6-9,12-15,26H,2,10-11H2,1,3-5H3,(H,33,39)(H,31,34,35). The number of ether oxygens (including phenoxy) is 1. The Labute approximate surface area is 229 Å². The van der Waals surface area contributed by atoms with Crippen LogP contribution in [0.2, 0.25) is 0 Å². The molecule has 1 amide bonds. The molecule has 0 saturated heterocycles. The lowest BCUT2D eigenvalue weighted by Gasteiger charge is -2.26. The average Bonchev–Trinajstić information content (AvgIpc) is 3.33. The van der Waals surface area contributed by atoms with Crippen LogP contribution in [0, 0.1) is 6.92 Å². The predicted octanol–water partition coefficient (Wildman–Crippen LogP) is 4.86. The van der Waals surface area contributed by atoms with Crippen molar-refractivity contribution in [2.75, 3.05) is 49.8 Å². The van der Waals surface area contributed by atoms with Gasteiger partial charge in [-0.2, -0.15) is 13.9 Å². The number of rotatable bonds is 11. The Kier molecular flexibility index (Phi) is 8.53. The third-order valence-corrected chi connectivity index (χ3v) is 6.00. The predicted molar refractivity (Wildman–Crippen MR) is 148 cm³/mol. The van der Waals surface area contributed by atoms with Gasteiger partial charge in [0.1, 0.15) is 0 Å². The number of hydrogen-bond acceptors (Lipinski definition) is 8. The van der Waals surface area contributed by atoms with Crippen LogP contribution in [0.15, 0.2) is 61.3 Å². The number of halogens is 3. The molecule has 3 aromatic heterocycles. The SMILES string of the molecule is C=C(F)C(=O)Nc1cc(Nc2ncc(C)c(-c3cnn4ccccc34)n2)c(OC(F)F)cc1N(C)CCN(C)C. The summed E-state index contributed by atoms with van der Waals surface area (Å²) in [7, 11) is 5.47. The maximum Gasteiger partial charge on any atom is 0.387 e. The van der Waals surface area contributed by atoms with Crippen LogP contribution in [-0.4, -0.2) is 71.2 Å². The number of hydrogen-bond donors (Lipinski definition) is 2. The van der Waals surface area contributed by atoms with Crippen LogP contribution >= 0.6 is 0 Å². The number of fused-ring (bicyclic) bond motifs is 1. The summed E-state index contributed by atoms with van der Waals surface area (Å²) in [6.45, 7) is 2.82. The summed E-state index contributed by atoms with van der Waals surface area (Å²) in [5.41, 5.74) is 3.41. The minimum absolute atomic E-state index is 0.0273. The smallest absolute Gasteiger partial charge is 0.387 e. The fourth-order valence-electron chi connectivity index (χ4n) is 3.95. The first-order valence-electron chi connectivity index (χ1n) is 12.2. The molecule has 40 heavy (non-hydrogen) atoms. The summed E-state index contributed by atoms with van der Waals surface area (Å²) < 4.78 is 47.0. The molecule has 0 fully saturated rings. The van der Waals surface area contributed by atoms with Crippen molar-refractivity contribution in [3.05, 3.63) is 66.9 Å². The van der Waals surface area contributed by atoms with Crippen molar-refractivity contribution >= 4 is 34.4 Å². The zero-order valence-corrected chi connectivity index (χ0v) is 22.5. The minimum Gasteiger partial charge on any atom is -0.433 e. The van der Waals surface area contributed by atoms with Gasteiger partial charge in [0.25, 0.3) is 5.91 Å². The summed E-state index contributed by atoms with van der Waals surface area (Å²) in [6, 6.07) is 8.32. The number of anilines is 4. The lowest BCUT2D eigenvalue weighted by molar-refractivity contribution is -0.114. The molecule has 2 N–H and O–H groups in total. The van der Waals surface area contributed by atoms with Crippen molar-refractivity contribution in [1.29, 1.82) is 0 Å². The number of nitrogens with zero attached hydrogens (tertiary/aromatic N) is 6. The highest BCUT2D eigenvalue weighted by atomic mass is 19.3. The number of carbonyl (C=O) groups is 1. The molecule has 0 unspecified atom stereocenters. The van der Waals surface area contributed by atoms with Crippen molar-refractivity contribution in [1.82, 2.24) is 24.5 Å². The minimum atomic E-state index is -3.14. The van der Waals surface area contributed by atoms with Crippen LogP contribution < -0.4 is 20.3 Å². The molecule has 0 bridgehead atoms. The Morgan fingerprint density at radius 1 is 1.15 bits per heavy atom. The molecule has 0 aliphatic heterocycles. The van der Waals surface area contributed by atoms with Crippen molar-refractivity contribution in [3.63, 3.8) is 0 Å². The molecule has 4 rings (SSSR count). The Morgan fingerprint density at radius 3 is 2.62 bits per heavy atom. The topological polar surface area (TPSA) is 99.9 Å². The third kappa shape index (κ3) is 6.49. The number of aryl methyl sites for hydroxylation is 1. The lowest BCUT2D eigenvalue weighted by atomic mass is 10.1. The first kappa shape index (κ1) is 28.4.